The van der Waals surface area contributed by atoms with Crippen molar-refractivity contribution in [2.45, 2.75) is 38.5 Å². The van der Waals surface area contributed by atoms with Gasteiger partial charge in [-0.25, -0.2) is 13.2 Å². The van der Waals surface area contributed by atoms with Crippen LogP contribution in [0.5, 0.6) is 0 Å². The molecule has 0 fully saturated rings. The molecular formula is C28H23F6N5O2. The van der Waals surface area contributed by atoms with Crippen LogP contribution in [0.3, 0.4) is 0 Å². The standard InChI is InChI=1S/C28H23F6N5O2/c1-2-19-13-24(28(32,33)34)38-39(19)14-25(40)37-23(10-15-8-17(29)12-18(30)9-15)26-20(4-3-7-36-26)16-5-6-22(31)21(11-16)27(35)41/h3-9,11-13,23H,2,10,14H2,1H3,(H2,35,41)(H,37,40)/t23-/m0/s1. The molecule has 2 aromatic carbocycles. The molecule has 4 rings (SSSR count). The fourth-order valence-electron chi connectivity index (χ4n) is 4.39. The molecule has 214 valence electrons. The van der Waals surface area contributed by atoms with Gasteiger partial charge in [-0.3, -0.25) is 19.3 Å². The number of carbonyl (C=O) groups is 2. The maximum absolute atomic E-state index is 14.2. The number of carbonyl (C=O) groups excluding carboxylic acids is 2. The fraction of sp³-hybridized carbons (Fsp3) is 0.214. The van der Waals surface area contributed by atoms with Crippen molar-refractivity contribution >= 4 is 11.8 Å². The summed E-state index contributed by atoms with van der Waals surface area (Å²) >= 11 is 0. The molecule has 13 heteroatoms. The van der Waals surface area contributed by atoms with Crippen molar-refractivity contribution < 1.29 is 35.9 Å². The summed E-state index contributed by atoms with van der Waals surface area (Å²) in [4.78, 5) is 29.2. The van der Waals surface area contributed by atoms with Crippen molar-refractivity contribution in [1.29, 1.82) is 0 Å². The van der Waals surface area contributed by atoms with Gasteiger partial charge in [0.05, 0.1) is 17.3 Å². The van der Waals surface area contributed by atoms with E-state index in [1.807, 2.05) is 0 Å². The molecular weight excluding hydrogens is 552 g/mol. The van der Waals surface area contributed by atoms with E-state index < -0.39 is 59.3 Å². The van der Waals surface area contributed by atoms with Crippen molar-refractivity contribution in [2.24, 2.45) is 5.73 Å². The van der Waals surface area contributed by atoms with Gasteiger partial charge < -0.3 is 11.1 Å². The Kier molecular flexibility index (Phi) is 8.45. The van der Waals surface area contributed by atoms with Gasteiger partial charge in [0.25, 0.3) is 5.91 Å². The molecule has 0 bridgehead atoms. The summed E-state index contributed by atoms with van der Waals surface area (Å²) < 4.78 is 82.7. The maximum Gasteiger partial charge on any atom is 0.435 e. The van der Waals surface area contributed by atoms with Crippen molar-refractivity contribution in [3.05, 3.63) is 106 Å². The third kappa shape index (κ3) is 6.91. The molecule has 0 unspecified atom stereocenters. The number of hydrogen-bond donors (Lipinski definition) is 2. The van der Waals surface area contributed by atoms with Crippen LogP contribution in [-0.2, 0) is 30.4 Å². The number of benzene rings is 2. The van der Waals surface area contributed by atoms with E-state index in [-0.39, 0.29) is 29.8 Å². The summed E-state index contributed by atoms with van der Waals surface area (Å²) in [5.41, 5.74) is 4.88. The summed E-state index contributed by atoms with van der Waals surface area (Å²) in [7, 11) is 0. The van der Waals surface area contributed by atoms with Gasteiger partial charge >= 0.3 is 6.18 Å². The second kappa shape index (κ2) is 11.8. The zero-order valence-electron chi connectivity index (χ0n) is 21.5. The minimum atomic E-state index is -4.71. The Morgan fingerprint density at radius 1 is 1.02 bits per heavy atom. The lowest BCUT2D eigenvalue weighted by Gasteiger charge is -2.22. The van der Waals surface area contributed by atoms with Gasteiger partial charge in [0.2, 0.25) is 5.91 Å². The molecule has 0 saturated heterocycles. The first kappa shape index (κ1) is 29.3. The molecule has 2 heterocycles. The number of primary amides is 1. The Labute approximate surface area is 230 Å². The molecule has 3 N–H and O–H groups in total. The van der Waals surface area contributed by atoms with Gasteiger partial charge in [0.1, 0.15) is 24.0 Å². The first-order valence-corrected chi connectivity index (χ1v) is 12.3. The van der Waals surface area contributed by atoms with Crippen LogP contribution in [0.4, 0.5) is 26.3 Å². The average Bonchev–Trinajstić information content (AvgIpc) is 3.31. The second-order valence-electron chi connectivity index (χ2n) is 9.13. The predicted molar refractivity (Wildman–Crippen MR) is 136 cm³/mol. The minimum Gasteiger partial charge on any atom is -0.366 e. The molecule has 41 heavy (non-hydrogen) atoms. The highest BCUT2D eigenvalue weighted by atomic mass is 19.4. The Hall–Kier alpha value is -4.68. The number of nitrogens with two attached hydrogens (primary N) is 1. The Bertz CT molecular complexity index is 1580. The Morgan fingerprint density at radius 3 is 2.37 bits per heavy atom. The number of alkyl halides is 3. The van der Waals surface area contributed by atoms with E-state index in [0.29, 0.717) is 17.2 Å². The van der Waals surface area contributed by atoms with E-state index in [1.54, 1.807) is 19.1 Å². The zero-order valence-corrected chi connectivity index (χ0v) is 21.5. The van der Waals surface area contributed by atoms with Gasteiger partial charge in [-0.05, 0) is 60.4 Å². The van der Waals surface area contributed by atoms with Gasteiger partial charge in [-0.15, -0.1) is 0 Å². The number of nitrogens with zero attached hydrogens (tertiary/aromatic N) is 3. The topological polar surface area (TPSA) is 103 Å². The van der Waals surface area contributed by atoms with Gasteiger partial charge in [-0.1, -0.05) is 19.1 Å². The molecule has 4 aromatic rings. The van der Waals surface area contributed by atoms with Crippen LogP contribution in [0.25, 0.3) is 11.1 Å². The van der Waals surface area contributed by atoms with E-state index in [9.17, 15) is 35.9 Å². The maximum atomic E-state index is 14.2. The quantitative estimate of drug-likeness (QED) is 0.270. The van der Waals surface area contributed by atoms with Crippen LogP contribution in [0.1, 0.15) is 46.0 Å². The molecule has 0 spiro atoms. The number of hydrogen-bond acceptors (Lipinski definition) is 4. The average molecular weight is 576 g/mol. The normalized spacial score (nSPS) is 12.3. The molecule has 0 aliphatic carbocycles. The van der Waals surface area contributed by atoms with Gasteiger partial charge in [-0.2, -0.15) is 18.3 Å². The van der Waals surface area contributed by atoms with E-state index in [2.05, 4.69) is 15.4 Å². The molecule has 7 nitrogen and oxygen atoms in total. The second-order valence-corrected chi connectivity index (χ2v) is 9.13. The van der Waals surface area contributed by atoms with Crippen LogP contribution in [0, 0.1) is 17.5 Å². The third-order valence-corrected chi connectivity index (χ3v) is 6.22. The van der Waals surface area contributed by atoms with E-state index >= 15 is 0 Å². The number of rotatable bonds is 9. The lowest BCUT2D eigenvalue weighted by molar-refractivity contribution is -0.141. The van der Waals surface area contributed by atoms with E-state index in [0.717, 1.165) is 28.9 Å². The number of halogens is 6. The largest absolute Gasteiger partial charge is 0.435 e. The first-order chi connectivity index (χ1) is 19.3. The summed E-state index contributed by atoms with van der Waals surface area (Å²) in [5, 5.41) is 6.19. The summed E-state index contributed by atoms with van der Waals surface area (Å²) in [6.45, 7) is 1.02. The number of pyridine rings is 1. The molecule has 0 radical (unpaired) electrons. The highest BCUT2D eigenvalue weighted by Crippen LogP contribution is 2.31. The van der Waals surface area contributed by atoms with Crippen LogP contribution in [0.2, 0.25) is 0 Å². The van der Waals surface area contributed by atoms with Crippen molar-refractivity contribution in [1.82, 2.24) is 20.1 Å². The number of aryl methyl sites for hydroxylation is 1. The Morgan fingerprint density at radius 2 is 1.73 bits per heavy atom. The highest BCUT2D eigenvalue weighted by molar-refractivity contribution is 5.94. The number of nitrogens with one attached hydrogen (secondary N) is 1. The number of aromatic nitrogens is 3. The SMILES string of the molecule is CCc1cc(C(F)(F)F)nn1CC(=O)N[C@@H](Cc1cc(F)cc(F)c1)c1ncccc1-c1ccc(F)c(C(N)=O)c1. The lowest BCUT2D eigenvalue weighted by atomic mass is 9.94. The van der Waals surface area contributed by atoms with Crippen LogP contribution in [0.15, 0.2) is 60.8 Å². The van der Waals surface area contributed by atoms with Crippen LogP contribution >= 0.6 is 0 Å². The summed E-state index contributed by atoms with van der Waals surface area (Å²) in [6.07, 6.45) is -3.33. The third-order valence-electron chi connectivity index (χ3n) is 6.22. The minimum absolute atomic E-state index is 0.147. The Balaban J connectivity index is 1.74. The number of amides is 2. The predicted octanol–water partition coefficient (Wildman–Crippen LogP) is 5.14. The molecule has 0 aliphatic rings. The molecule has 0 saturated carbocycles. The van der Waals surface area contributed by atoms with Gasteiger partial charge in [0.15, 0.2) is 5.69 Å². The van der Waals surface area contributed by atoms with E-state index in [1.165, 1.54) is 18.3 Å². The summed E-state index contributed by atoms with van der Waals surface area (Å²) in [6, 6.07) is 9.30. The highest BCUT2D eigenvalue weighted by Gasteiger charge is 2.35. The lowest BCUT2D eigenvalue weighted by Crippen LogP contribution is -2.34. The zero-order chi connectivity index (χ0) is 29.9. The molecule has 2 amide bonds. The molecule has 1 atom stereocenters. The van der Waals surface area contributed by atoms with Crippen molar-refractivity contribution in [3.8, 4) is 11.1 Å². The fourth-order valence-corrected chi connectivity index (χ4v) is 4.39. The smallest absolute Gasteiger partial charge is 0.366 e. The van der Waals surface area contributed by atoms with Crippen molar-refractivity contribution in [3.63, 3.8) is 0 Å². The molecule has 2 aromatic heterocycles. The van der Waals surface area contributed by atoms with Crippen molar-refractivity contribution in [2.75, 3.05) is 0 Å². The summed E-state index contributed by atoms with van der Waals surface area (Å²) in [5.74, 6) is -4.35. The monoisotopic (exact) mass is 575 g/mol. The van der Waals surface area contributed by atoms with Crippen LogP contribution < -0.4 is 11.1 Å². The first-order valence-electron chi connectivity index (χ1n) is 12.3. The van der Waals surface area contributed by atoms with E-state index in [4.69, 9.17) is 5.73 Å². The molecule has 0 aliphatic heterocycles. The van der Waals surface area contributed by atoms with Crippen LogP contribution in [-0.4, -0.2) is 26.6 Å². The van der Waals surface area contributed by atoms with Gasteiger partial charge in [0, 0.05) is 23.5 Å².